The topological polar surface area (TPSA) is 31.6 Å². The van der Waals surface area contributed by atoms with Gasteiger partial charge in [0.2, 0.25) is 0 Å². The standard InChI is InChI=1S/C28H20N2/c1-3-17-18(4-2)26-22-14-8-10-16-24(22)30-28(26)20-12-6-5-11-19(20)27-25(17)21-13-7-9-15-23(21)29-27/h3-16,29-30H,1-2H2/b18-17-,25-17?,26-18?,27-19?,28-20?. The lowest BCUT2D eigenvalue weighted by atomic mass is 9.84. The van der Waals surface area contributed by atoms with Crippen molar-refractivity contribution in [2.75, 3.05) is 0 Å². The summed E-state index contributed by atoms with van der Waals surface area (Å²) in [4.78, 5) is 7.37. The second-order valence-corrected chi connectivity index (χ2v) is 7.62. The summed E-state index contributed by atoms with van der Waals surface area (Å²) in [6.07, 6.45) is 3.94. The normalized spacial score (nSPS) is 15.2. The van der Waals surface area contributed by atoms with Crippen LogP contribution in [-0.4, -0.2) is 9.97 Å². The van der Waals surface area contributed by atoms with E-state index in [9.17, 15) is 0 Å². The minimum absolute atomic E-state index is 1.10. The van der Waals surface area contributed by atoms with Crippen molar-refractivity contribution in [2.24, 2.45) is 0 Å². The van der Waals surface area contributed by atoms with Gasteiger partial charge in [0.25, 0.3) is 0 Å². The molecular formula is C28H20N2. The number of hydrogen-bond donors (Lipinski definition) is 2. The van der Waals surface area contributed by atoms with E-state index in [1.807, 2.05) is 12.2 Å². The van der Waals surface area contributed by atoms with Gasteiger partial charge >= 0.3 is 0 Å². The van der Waals surface area contributed by atoms with Gasteiger partial charge in [-0.1, -0.05) is 86.0 Å². The Morgan fingerprint density at radius 2 is 0.933 bits per heavy atom. The number of para-hydroxylation sites is 2. The maximum absolute atomic E-state index is 4.20. The van der Waals surface area contributed by atoms with Crippen LogP contribution in [0.1, 0.15) is 11.1 Å². The number of H-pyrrole nitrogens is 2. The monoisotopic (exact) mass is 384 g/mol. The smallest absolute Gasteiger partial charge is 0.0551 e. The first-order valence-corrected chi connectivity index (χ1v) is 10.1. The largest absolute Gasteiger partial charge is 0.354 e. The average Bonchev–Trinajstić information content (AvgIpc) is 3.35. The Hall–Kier alpha value is -4.04. The number of aromatic amines is 2. The molecule has 0 aliphatic heterocycles. The van der Waals surface area contributed by atoms with Crippen LogP contribution in [0.4, 0.5) is 0 Å². The van der Waals surface area contributed by atoms with Crippen molar-refractivity contribution in [3.8, 4) is 22.5 Å². The maximum Gasteiger partial charge on any atom is 0.0551 e. The Bertz CT molecular complexity index is 1410. The predicted octanol–water partition coefficient (Wildman–Crippen LogP) is 7.58. The van der Waals surface area contributed by atoms with Gasteiger partial charge in [0, 0.05) is 44.1 Å². The van der Waals surface area contributed by atoms with Crippen molar-refractivity contribution in [3.63, 3.8) is 0 Å². The third-order valence-electron chi connectivity index (χ3n) is 6.11. The molecule has 0 saturated carbocycles. The number of benzene rings is 3. The molecule has 30 heavy (non-hydrogen) atoms. The van der Waals surface area contributed by atoms with Gasteiger partial charge in [-0.15, -0.1) is 0 Å². The van der Waals surface area contributed by atoms with Crippen molar-refractivity contribution < 1.29 is 0 Å². The third kappa shape index (κ3) is 2.13. The molecule has 0 radical (unpaired) electrons. The summed E-state index contributed by atoms with van der Waals surface area (Å²) in [5.74, 6) is 0. The molecule has 2 heterocycles. The summed E-state index contributed by atoms with van der Waals surface area (Å²) < 4.78 is 0. The molecule has 1 aliphatic rings. The predicted molar refractivity (Wildman–Crippen MR) is 128 cm³/mol. The van der Waals surface area contributed by atoms with E-state index in [-0.39, 0.29) is 0 Å². The minimum Gasteiger partial charge on any atom is -0.354 e. The molecule has 1 aliphatic carbocycles. The molecule has 0 spiro atoms. The summed E-state index contributed by atoms with van der Waals surface area (Å²) in [6, 6.07) is 25.5. The van der Waals surface area contributed by atoms with Gasteiger partial charge in [0.15, 0.2) is 0 Å². The summed E-state index contributed by atoms with van der Waals surface area (Å²) in [6.45, 7) is 8.41. The van der Waals surface area contributed by atoms with E-state index < -0.39 is 0 Å². The molecule has 0 atom stereocenters. The Kier molecular flexibility index (Phi) is 3.50. The van der Waals surface area contributed by atoms with E-state index in [4.69, 9.17) is 0 Å². The van der Waals surface area contributed by atoms with Gasteiger partial charge in [-0.25, -0.2) is 0 Å². The first-order valence-electron chi connectivity index (χ1n) is 10.1. The molecule has 5 aromatic rings. The Morgan fingerprint density at radius 1 is 0.533 bits per heavy atom. The van der Waals surface area contributed by atoms with Crippen LogP contribution in [0.3, 0.4) is 0 Å². The van der Waals surface area contributed by atoms with Gasteiger partial charge in [-0.3, -0.25) is 0 Å². The van der Waals surface area contributed by atoms with Gasteiger partial charge in [0.1, 0.15) is 0 Å². The van der Waals surface area contributed by atoms with Crippen molar-refractivity contribution in [1.29, 1.82) is 0 Å². The lowest BCUT2D eigenvalue weighted by Gasteiger charge is -2.19. The molecule has 2 heteroatoms. The van der Waals surface area contributed by atoms with E-state index >= 15 is 0 Å². The average molecular weight is 384 g/mol. The number of aromatic nitrogens is 2. The molecule has 0 fully saturated rings. The highest BCUT2D eigenvalue weighted by atomic mass is 14.8. The second kappa shape index (κ2) is 6.23. The fourth-order valence-corrected chi connectivity index (χ4v) is 4.86. The summed E-state index contributed by atoms with van der Waals surface area (Å²) in [7, 11) is 0. The molecule has 142 valence electrons. The molecule has 0 saturated heterocycles. The first-order chi connectivity index (χ1) is 14.8. The van der Waals surface area contributed by atoms with Crippen LogP contribution in [-0.2, 0) is 0 Å². The summed E-state index contributed by atoms with van der Waals surface area (Å²) in [5.41, 5.74) is 11.4. The van der Waals surface area contributed by atoms with Crippen LogP contribution in [0.25, 0.3) is 55.5 Å². The highest BCUT2D eigenvalue weighted by Crippen LogP contribution is 2.48. The summed E-state index contributed by atoms with van der Waals surface area (Å²) in [5, 5.41) is 2.39. The zero-order valence-corrected chi connectivity index (χ0v) is 16.5. The minimum atomic E-state index is 1.10. The van der Waals surface area contributed by atoms with Crippen LogP contribution in [0.15, 0.2) is 98.1 Å². The van der Waals surface area contributed by atoms with E-state index in [0.29, 0.717) is 0 Å². The van der Waals surface area contributed by atoms with E-state index in [1.165, 1.54) is 33.0 Å². The second-order valence-electron chi connectivity index (χ2n) is 7.62. The van der Waals surface area contributed by atoms with Crippen molar-refractivity contribution in [1.82, 2.24) is 9.97 Å². The molecular weight excluding hydrogens is 364 g/mol. The van der Waals surface area contributed by atoms with Crippen LogP contribution in [0.2, 0.25) is 0 Å². The molecule has 6 rings (SSSR count). The Labute approximate surface area is 174 Å². The fraction of sp³-hybridized carbons (Fsp3) is 0. The van der Waals surface area contributed by atoms with Gasteiger partial charge in [0.05, 0.1) is 11.4 Å². The Balaban J connectivity index is 1.91. The molecule has 3 aromatic carbocycles. The zero-order chi connectivity index (χ0) is 20.2. The highest BCUT2D eigenvalue weighted by Gasteiger charge is 2.27. The number of nitrogens with one attached hydrogen (secondary N) is 2. The lowest BCUT2D eigenvalue weighted by molar-refractivity contribution is 1.40. The van der Waals surface area contributed by atoms with Crippen LogP contribution in [0.5, 0.6) is 0 Å². The van der Waals surface area contributed by atoms with Crippen molar-refractivity contribution >= 4 is 33.0 Å². The van der Waals surface area contributed by atoms with Crippen LogP contribution in [0, 0.1) is 0 Å². The first kappa shape index (κ1) is 16.9. The number of fused-ring (bicyclic) bond motifs is 9. The molecule has 0 bridgehead atoms. The van der Waals surface area contributed by atoms with Crippen LogP contribution < -0.4 is 0 Å². The van der Waals surface area contributed by atoms with Crippen molar-refractivity contribution in [2.45, 2.75) is 0 Å². The SMILES string of the molecule is C=C/C1=C(\C=C)c2c([nH]c3ccccc23)-c2ccccc2-c2[nH]c3ccccc3c21. The van der Waals surface area contributed by atoms with Gasteiger partial charge < -0.3 is 9.97 Å². The molecule has 2 N–H and O–H groups in total. The zero-order valence-electron chi connectivity index (χ0n) is 16.5. The summed E-state index contributed by atoms with van der Waals surface area (Å²) >= 11 is 0. The number of rotatable bonds is 2. The third-order valence-corrected chi connectivity index (χ3v) is 6.11. The van der Waals surface area contributed by atoms with E-state index in [0.717, 1.165) is 33.6 Å². The molecule has 0 amide bonds. The Morgan fingerprint density at radius 3 is 1.37 bits per heavy atom. The molecule has 2 aromatic heterocycles. The van der Waals surface area contributed by atoms with E-state index in [2.05, 4.69) is 95.9 Å². The lowest BCUT2D eigenvalue weighted by Crippen LogP contribution is -1.98. The number of allylic oxidation sites excluding steroid dienone is 4. The van der Waals surface area contributed by atoms with Gasteiger partial charge in [-0.05, 0) is 23.3 Å². The molecule has 0 unspecified atom stereocenters. The van der Waals surface area contributed by atoms with Crippen LogP contribution >= 0.6 is 0 Å². The maximum atomic E-state index is 4.20. The highest BCUT2D eigenvalue weighted by molar-refractivity contribution is 6.17. The molecule has 2 nitrogen and oxygen atoms in total. The van der Waals surface area contributed by atoms with Gasteiger partial charge in [-0.2, -0.15) is 0 Å². The quantitative estimate of drug-likeness (QED) is 0.314. The van der Waals surface area contributed by atoms with Crippen molar-refractivity contribution in [3.05, 3.63) is 109 Å². The van der Waals surface area contributed by atoms with E-state index in [1.54, 1.807) is 0 Å². The fourth-order valence-electron chi connectivity index (χ4n) is 4.86. The number of hydrogen-bond acceptors (Lipinski definition) is 0.